The summed E-state index contributed by atoms with van der Waals surface area (Å²) in [7, 11) is 9.59. The molecule has 0 saturated carbocycles. The Bertz CT molecular complexity index is 960. The normalized spacial score (nSPS) is 16.6. The van der Waals surface area contributed by atoms with Gasteiger partial charge in [0.1, 0.15) is 11.6 Å². The van der Waals surface area contributed by atoms with Crippen LogP contribution in [0.3, 0.4) is 0 Å². The molecule has 3 N–H and O–H groups in total. The van der Waals surface area contributed by atoms with Crippen LogP contribution < -0.4 is 20.9 Å². The van der Waals surface area contributed by atoms with Crippen LogP contribution in [0.1, 0.15) is 43.1 Å². The zero-order valence-corrected chi connectivity index (χ0v) is 20.0. The van der Waals surface area contributed by atoms with Gasteiger partial charge in [0.25, 0.3) is 5.91 Å². The van der Waals surface area contributed by atoms with E-state index in [1.807, 2.05) is 38.2 Å². The number of hydrogen-bond acceptors (Lipinski definition) is 7. The molecule has 1 aromatic carbocycles. The Labute approximate surface area is 192 Å². The fraction of sp³-hybridized carbons (Fsp3) is 0.522. The summed E-state index contributed by atoms with van der Waals surface area (Å²) in [6, 6.07) is 7.72. The van der Waals surface area contributed by atoms with Gasteiger partial charge in [-0.3, -0.25) is 4.79 Å². The molecular formula is C23H34BN7O. The van der Waals surface area contributed by atoms with E-state index in [9.17, 15) is 4.79 Å². The van der Waals surface area contributed by atoms with E-state index in [4.69, 9.17) is 17.9 Å². The molecule has 170 valence electrons. The number of carbonyl (C=O) groups excluding carboxylic acids is 1. The van der Waals surface area contributed by atoms with E-state index in [0.29, 0.717) is 17.3 Å². The topological polar surface area (TPSA) is 85.4 Å². The number of aromatic nitrogens is 2. The summed E-state index contributed by atoms with van der Waals surface area (Å²) < 4.78 is 0. The predicted molar refractivity (Wildman–Crippen MR) is 132 cm³/mol. The molecule has 1 amide bonds. The molecule has 0 bridgehead atoms. The minimum atomic E-state index is -0.128. The van der Waals surface area contributed by atoms with Crippen LogP contribution in [-0.2, 0) is 0 Å². The number of hydrogen-bond donors (Lipinski definition) is 3. The van der Waals surface area contributed by atoms with E-state index in [1.54, 1.807) is 11.9 Å². The molecule has 0 spiro atoms. The molecule has 8 nitrogen and oxygen atoms in total. The second-order valence-electron chi connectivity index (χ2n) is 9.71. The van der Waals surface area contributed by atoms with Gasteiger partial charge in [-0.05, 0) is 43.0 Å². The zero-order chi connectivity index (χ0) is 23.5. The second-order valence-corrected chi connectivity index (χ2v) is 9.71. The summed E-state index contributed by atoms with van der Waals surface area (Å²) in [6.45, 7) is 11.0. The Balaban J connectivity index is 1.92. The van der Waals surface area contributed by atoms with Gasteiger partial charge in [-0.2, -0.15) is 9.97 Å². The monoisotopic (exact) mass is 435 g/mol. The van der Waals surface area contributed by atoms with Crippen molar-refractivity contribution in [2.24, 2.45) is 5.41 Å². The Morgan fingerprint density at radius 2 is 2.03 bits per heavy atom. The van der Waals surface area contributed by atoms with Crippen LogP contribution in [0.15, 0.2) is 24.3 Å². The van der Waals surface area contributed by atoms with E-state index in [-0.39, 0.29) is 17.4 Å². The largest absolute Gasteiger partial charge is 0.359 e. The number of anilines is 4. The van der Waals surface area contributed by atoms with Crippen molar-refractivity contribution < 1.29 is 4.79 Å². The maximum atomic E-state index is 12.1. The summed E-state index contributed by atoms with van der Waals surface area (Å²) in [4.78, 5) is 25.5. The number of nitrogens with one attached hydrogen (secondary N) is 3. The van der Waals surface area contributed by atoms with Crippen molar-refractivity contribution >= 4 is 37.2 Å². The van der Waals surface area contributed by atoms with Crippen molar-refractivity contribution in [3.63, 3.8) is 0 Å². The van der Waals surface area contributed by atoms with Crippen LogP contribution in [-0.4, -0.2) is 68.4 Å². The molecule has 3 rings (SSSR count). The highest BCUT2D eigenvalue weighted by molar-refractivity contribution is 6.04. The average Bonchev–Trinajstić information content (AvgIpc) is 3.12. The lowest BCUT2D eigenvalue weighted by molar-refractivity contribution is 0.0963. The van der Waals surface area contributed by atoms with E-state index in [0.717, 1.165) is 43.1 Å². The number of aryl methyl sites for hydroxylation is 1. The summed E-state index contributed by atoms with van der Waals surface area (Å²) in [5.41, 5.74) is 2.55. The van der Waals surface area contributed by atoms with E-state index in [1.165, 1.54) is 0 Å². The van der Waals surface area contributed by atoms with Gasteiger partial charge in [-0.1, -0.05) is 26.8 Å². The first kappa shape index (κ1) is 23.8. The van der Waals surface area contributed by atoms with Crippen molar-refractivity contribution in [1.29, 1.82) is 0 Å². The van der Waals surface area contributed by atoms with E-state index < -0.39 is 0 Å². The minimum Gasteiger partial charge on any atom is -0.359 e. The standard InChI is InChI=1S/C23H34BN7O/c1-15-7-8-16(21(32)25-5)11-18(15)27-19-12-20(30(6)14-23(2,3)4)29-22(28-19)26-17-9-10-31(24)13-17/h7-8,11-12,17H,9-10,13-14H2,1-6H3,(H,25,32)(H2,26,27,28,29)/t17-/m1/s1. The first-order valence-corrected chi connectivity index (χ1v) is 11.0. The molecule has 2 heterocycles. The van der Waals surface area contributed by atoms with Crippen LogP contribution >= 0.6 is 0 Å². The molecule has 2 aromatic rings. The van der Waals surface area contributed by atoms with Crippen LogP contribution in [0, 0.1) is 12.3 Å². The van der Waals surface area contributed by atoms with E-state index >= 15 is 0 Å². The fourth-order valence-corrected chi connectivity index (χ4v) is 3.82. The number of benzene rings is 1. The molecule has 9 heteroatoms. The van der Waals surface area contributed by atoms with Gasteiger partial charge in [-0.25, -0.2) is 0 Å². The molecule has 0 aliphatic carbocycles. The van der Waals surface area contributed by atoms with Crippen molar-refractivity contribution in [3.8, 4) is 0 Å². The van der Waals surface area contributed by atoms with Crippen LogP contribution in [0.5, 0.6) is 0 Å². The molecule has 1 aliphatic rings. The molecule has 2 radical (unpaired) electrons. The Morgan fingerprint density at radius 1 is 1.28 bits per heavy atom. The predicted octanol–water partition coefficient (Wildman–Crippen LogP) is 2.94. The maximum Gasteiger partial charge on any atom is 0.251 e. The Kier molecular flexibility index (Phi) is 7.28. The summed E-state index contributed by atoms with van der Waals surface area (Å²) in [5, 5.41) is 9.49. The average molecular weight is 435 g/mol. The zero-order valence-electron chi connectivity index (χ0n) is 20.0. The molecule has 1 saturated heterocycles. The third-order valence-corrected chi connectivity index (χ3v) is 5.36. The summed E-state index contributed by atoms with van der Waals surface area (Å²) in [6.07, 6.45) is 0.942. The van der Waals surface area contributed by atoms with Crippen molar-refractivity contribution in [1.82, 2.24) is 20.1 Å². The van der Waals surface area contributed by atoms with Crippen molar-refractivity contribution in [2.45, 2.75) is 40.2 Å². The number of nitrogens with zero attached hydrogens (tertiary/aromatic N) is 4. The van der Waals surface area contributed by atoms with Gasteiger partial charge in [0.2, 0.25) is 5.95 Å². The van der Waals surface area contributed by atoms with Crippen LogP contribution in [0.2, 0.25) is 0 Å². The minimum absolute atomic E-state index is 0.116. The summed E-state index contributed by atoms with van der Waals surface area (Å²) in [5.74, 6) is 1.92. The highest BCUT2D eigenvalue weighted by Crippen LogP contribution is 2.26. The lowest BCUT2D eigenvalue weighted by atomic mass is 9.96. The SMILES string of the molecule is [B]N1CC[C@@H](Nc2nc(Nc3cc(C(=O)NC)ccc3C)cc(N(C)CC(C)(C)C)n2)C1. The number of rotatable bonds is 7. The first-order chi connectivity index (χ1) is 15.0. The molecule has 0 unspecified atom stereocenters. The third kappa shape index (κ3) is 6.35. The van der Waals surface area contributed by atoms with Gasteiger partial charge in [-0.15, -0.1) is 0 Å². The van der Waals surface area contributed by atoms with E-state index in [2.05, 4.69) is 41.6 Å². The summed E-state index contributed by atoms with van der Waals surface area (Å²) >= 11 is 0. The highest BCUT2D eigenvalue weighted by Gasteiger charge is 2.21. The Morgan fingerprint density at radius 3 is 2.66 bits per heavy atom. The van der Waals surface area contributed by atoms with Crippen LogP contribution in [0.4, 0.5) is 23.3 Å². The lowest BCUT2D eigenvalue weighted by Gasteiger charge is -2.28. The fourth-order valence-electron chi connectivity index (χ4n) is 3.82. The smallest absolute Gasteiger partial charge is 0.251 e. The lowest BCUT2D eigenvalue weighted by Crippen LogP contribution is -2.30. The highest BCUT2D eigenvalue weighted by atomic mass is 16.1. The second kappa shape index (κ2) is 9.77. The van der Waals surface area contributed by atoms with Gasteiger partial charge < -0.3 is 25.7 Å². The molecule has 1 aromatic heterocycles. The van der Waals surface area contributed by atoms with Gasteiger partial charge in [0.15, 0.2) is 7.98 Å². The van der Waals surface area contributed by atoms with Gasteiger partial charge in [0, 0.05) is 50.5 Å². The van der Waals surface area contributed by atoms with Gasteiger partial charge >= 0.3 is 0 Å². The number of carbonyl (C=O) groups is 1. The van der Waals surface area contributed by atoms with Crippen molar-refractivity contribution in [3.05, 3.63) is 35.4 Å². The molecular weight excluding hydrogens is 401 g/mol. The van der Waals surface area contributed by atoms with Crippen molar-refractivity contribution in [2.75, 3.05) is 49.3 Å². The van der Waals surface area contributed by atoms with Crippen LogP contribution in [0.25, 0.3) is 0 Å². The van der Waals surface area contributed by atoms with Gasteiger partial charge in [0.05, 0.1) is 0 Å². The first-order valence-electron chi connectivity index (χ1n) is 11.0. The molecule has 1 aliphatic heterocycles. The maximum absolute atomic E-state index is 12.1. The molecule has 1 fully saturated rings. The third-order valence-electron chi connectivity index (χ3n) is 5.36. The molecule has 32 heavy (non-hydrogen) atoms. The number of amides is 1. The Hall–Kier alpha value is -2.81. The molecule has 1 atom stereocenters. The quantitative estimate of drug-likeness (QED) is 0.577.